The van der Waals surface area contributed by atoms with Crippen LogP contribution in [0.5, 0.6) is 0 Å². The van der Waals surface area contributed by atoms with Crippen LogP contribution in [0, 0.1) is 0 Å². The topological polar surface area (TPSA) is 52.9 Å². The van der Waals surface area contributed by atoms with Crippen molar-refractivity contribution in [2.75, 3.05) is 13.2 Å². The number of amidine groups is 1. The van der Waals surface area contributed by atoms with Gasteiger partial charge in [-0.05, 0) is 19.8 Å². The number of aliphatic hydroxyl groups is 1. The minimum atomic E-state index is -0.687. The zero-order valence-electron chi connectivity index (χ0n) is 13.2. The summed E-state index contributed by atoms with van der Waals surface area (Å²) in [5.74, 6) is 0.984. The molecule has 0 radical (unpaired) electrons. The summed E-state index contributed by atoms with van der Waals surface area (Å²) < 4.78 is 0. The molecule has 0 aromatic carbocycles. The van der Waals surface area contributed by atoms with Crippen molar-refractivity contribution >= 4 is 11.7 Å². The Hall–Kier alpha value is -0.900. The normalized spacial score (nSPS) is 22.1. The Labute approximate surface area is 117 Å². The molecule has 0 saturated carbocycles. The minimum absolute atomic E-state index is 0.0156. The van der Waals surface area contributed by atoms with Gasteiger partial charge in [0.15, 0.2) is 0 Å². The second-order valence-corrected chi connectivity index (χ2v) is 4.54. The summed E-state index contributed by atoms with van der Waals surface area (Å²) in [6.07, 6.45) is 4.13. The van der Waals surface area contributed by atoms with E-state index in [1.165, 1.54) is 0 Å². The van der Waals surface area contributed by atoms with Crippen LogP contribution >= 0.6 is 0 Å². The first kappa shape index (κ1) is 18.1. The molecule has 0 spiro atoms. The van der Waals surface area contributed by atoms with Crippen molar-refractivity contribution in [3.05, 3.63) is 0 Å². The Bertz CT molecular complexity index is 303. The van der Waals surface area contributed by atoms with Crippen molar-refractivity contribution < 1.29 is 9.90 Å². The highest BCUT2D eigenvalue weighted by Gasteiger charge is 2.45. The van der Waals surface area contributed by atoms with E-state index < -0.39 is 5.54 Å². The number of carbonyl (C=O) groups is 1. The van der Waals surface area contributed by atoms with Gasteiger partial charge in [-0.3, -0.25) is 14.7 Å². The number of hydrogen-bond donors (Lipinski definition) is 1. The molecule has 112 valence electrons. The zero-order valence-corrected chi connectivity index (χ0v) is 13.2. The predicted molar refractivity (Wildman–Crippen MR) is 80.4 cm³/mol. The number of rotatable bonds is 7. The van der Waals surface area contributed by atoms with Crippen LogP contribution in [0.2, 0.25) is 0 Å². The van der Waals surface area contributed by atoms with E-state index in [0.717, 1.165) is 25.1 Å². The van der Waals surface area contributed by atoms with Gasteiger partial charge in [-0.15, -0.1) is 0 Å². The molecule has 0 aliphatic carbocycles. The van der Waals surface area contributed by atoms with Crippen LogP contribution in [0.1, 0.15) is 66.7 Å². The zero-order chi connectivity index (χ0) is 14.9. The van der Waals surface area contributed by atoms with Gasteiger partial charge in [0, 0.05) is 26.0 Å². The smallest absolute Gasteiger partial charge is 0.255 e. The third-order valence-corrected chi connectivity index (χ3v) is 3.48. The molecule has 1 N–H and O–H groups in total. The van der Waals surface area contributed by atoms with E-state index in [4.69, 9.17) is 5.11 Å². The molecule has 0 bridgehead atoms. The van der Waals surface area contributed by atoms with E-state index in [2.05, 4.69) is 11.9 Å². The lowest BCUT2D eigenvalue weighted by atomic mass is 9.92. The first-order valence-electron chi connectivity index (χ1n) is 7.66. The van der Waals surface area contributed by atoms with Gasteiger partial charge in [-0.25, -0.2) is 0 Å². The van der Waals surface area contributed by atoms with Gasteiger partial charge in [-0.2, -0.15) is 0 Å². The van der Waals surface area contributed by atoms with Crippen LogP contribution in [0.3, 0.4) is 0 Å². The Balaban J connectivity index is 0.00000154. The van der Waals surface area contributed by atoms with Crippen molar-refractivity contribution in [1.82, 2.24) is 4.90 Å². The summed E-state index contributed by atoms with van der Waals surface area (Å²) in [6, 6.07) is 0. The summed E-state index contributed by atoms with van der Waals surface area (Å²) >= 11 is 0. The van der Waals surface area contributed by atoms with E-state index in [0.29, 0.717) is 19.4 Å². The molecule has 1 aliphatic rings. The van der Waals surface area contributed by atoms with Crippen LogP contribution in [0.15, 0.2) is 4.99 Å². The van der Waals surface area contributed by atoms with Gasteiger partial charge >= 0.3 is 0 Å². The van der Waals surface area contributed by atoms with E-state index in [1.54, 1.807) is 4.90 Å². The Kier molecular flexibility index (Phi) is 8.65. The maximum atomic E-state index is 12.4. The van der Waals surface area contributed by atoms with E-state index in [1.807, 2.05) is 27.7 Å². The maximum Gasteiger partial charge on any atom is 0.255 e. The van der Waals surface area contributed by atoms with Crippen molar-refractivity contribution in [3.8, 4) is 0 Å². The van der Waals surface area contributed by atoms with Crippen LogP contribution in [0.25, 0.3) is 0 Å². The highest BCUT2D eigenvalue weighted by molar-refractivity contribution is 6.08. The fraction of sp³-hybridized carbons (Fsp3) is 0.867. The van der Waals surface area contributed by atoms with Crippen molar-refractivity contribution in [3.63, 3.8) is 0 Å². The van der Waals surface area contributed by atoms with Crippen molar-refractivity contribution in [2.24, 2.45) is 4.99 Å². The summed E-state index contributed by atoms with van der Waals surface area (Å²) in [5.41, 5.74) is -0.687. The molecule has 1 unspecified atom stereocenters. The van der Waals surface area contributed by atoms with Crippen LogP contribution in [0.4, 0.5) is 0 Å². The van der Waals surface area contributed by atoms with E-state index in [9.17, 15) is 4.79 Å². The predicted octanol–water partition coefficient (Wildman–Crippen LogP) is 2.99. The number of hydrogen-bond acceptors (Lipinski definition) is 3. The first-order valence-corrected chi connectivity index (χ1v) is 7.66. The van der Waals surface area contributed by atoms with Gasteiger partial charge in [-0.1, -0.05) is 34.1 Å². The Morgan fingerprint density at radius 3 is 2.32 bits per heavy atom. The summed E-state index contributed by atoms with van der Waals surface area (Å²) in [7, 11) is 0. The second kappa shape index (κ2) is 9.08. The molecule has 1 heterocycles. The lowest BCUT2D eigenvalue weighted by Crippen LogP contribution is -2.42. The van der Waals surface area contributed by atoms with Gasteiger partial charge in [0.25, 0.3) is 5.91 Å². The lowest BCUT2D eigenvalue weighted by Gasteiger charge is -2.23. The van der Waals surface area contributed by atoms with Gasteiger partial charge in [0.05, 0.1) is 0 Å². The van der Waals surface area contributed by atoms with Crippen LogP contribution in [-0.2, 0) is 4.79 Å². The monoisotopic (exact) mass is 270 g/mol. The highest BCUT2D eigenvalue weighted by Crippen LogP contribution is 2.30. The molecule has 4 heteroatoms. The number of unbranched alkanes of at least 4 members (excludes halogenated alkanes) is 1. The number of aliphatic hydroxyl groups excluding tert-OH is 1. The molecule has 1 atom stereocenters. The minimum Gasteiger partial charge on any atom is -0.396 e. The third kappa shape index (κ3) is 4.03. The highest BCUT2D eigenvalue weighted by atomic mass is 16.3. The van der Waals surface area contributed by atoms with Gasteiger partial charge in [0.2, 0.25) is 0 Å². The van der Waals surface area contributed by atoms with E-state index >= 15 is 0 Å². The standard InChI is InChI=1S/C13H24N2O2.C2H6/c1-4-7-8-11-14-13(5-2,9-10-16)12(17)15(11)6-3;1-2/h16H,4-10H2,1-3H3;1-2H3. The quantitative estimate of drug-likeness (QED) is 0.773. The maximum absolute atomic E-state index is 12.4. The Morgan fingerprint density at radius 2 is 1.89 bits per heavy atom. The molecule has 0 aromatic rings. The largest absolute Gasteiger partial charge is 0.396 e. The molecular formula is C15H30N2O2. The van der Waals surface area contributed by atoms with Crippen molar-refractivity contribution in [1.29, 1.82) is 0 Å². The first-order chi connectivity index (χ1) is 9.15. The van der Waals surface area contributed by atoms with Crippen LogP contribution < -0.4 is 0 Å². The molecule has 0 fully saturated rings. The molecule has 1 amide bonds. The number of nitrogens with zero attached hydrogens (tertiary/aromatic N) is 2. The SMILES string of the molecule is CC.CCCCC1=NC(CC)(CCO)C(=O)N1CC. The third-order valence-electron chi connectivity index (χ3n) is 3.48. The average molecular weight is 270 g/mol. The molecule has 1 rings (SSSR count). The molecule has 4 nitrogen and oxygen atoms in total. The molecule has 0 aromatic heterocycles. The Morgan fingerprint density at radius 1 is 1.26 bits per heavy atom. The second-order valence-electron chi connectivity index (χ2n) is 4.54. The summed E-state index contributed by atoms with van der Waals surface area (Å²) in [4.78, 5) is 18.8. The lowest BCUT2D eigenvalue weighted by molar-refractivity contribution is -0.131. The number of amides is 1. The average Bonchev–Trinajstić information content (AvgIpc) is 2.72. The number of likely N-dealkylation sites (N-methyl/N-ethyl adjacent to an activating group) is 1. The van der Waals surface area contributed by atoms with Gasteiger partial charge < -0.3 is 5.11 Å². The summed E-state index contributed by atoms with van der Waals surface area (Å²) in [6.45, 7) is 10.8. The van der Waals surface area contributed by atoms with Crippen molar-refractivity contribution in [2.45, 2.75) is 72.3 Å². The summed E-state index contributed by atoms with van der Waals surface area (Å²) in [5, 5.41) is 9.12. The van der Waals surface area contributed by atoms with Crippen LogP contribution in [-0.4, -0.2) is 40.4 Å². The van der Waals surface area contributed by atoms with Gasteiger partial charge in [0.1, 0.15) is 11.4 Å². The molecule has 0 saturated heterocycles. The number of carbonyl (C=O) groups excluding carboxylic acids is 1. The molecule has 19 heavy (non-hydrogen) atoms. The number of aliphatic imine (C=N–C) groups is 1. The molecular weight excluding hydrogens is 240 g/mol. The fourth-order valence-corrected chi connectivity index (χ4v) is 2.33. The molecule has 1 aliphatic heterocycles. The fourth-order valence-electron chi connectivity index (χ4n) is 2.33. The van der Waals surface area contributed by atoms with E-state index in [-0.39, 0.29) is 12.5 Å².